The number of aromatic nitrogens is 1. The average Bonchev–Trinajstić information content (AvgIpc) is 2.93. The van der Waals surface area contributed by atoms with Crippen LogP contribution in [0.5, 0.6) is 11.5 Å². The predicted molar refractivity (Wildman–Crippen MR) is 77.0 cm³/mol. The second-order valence-electron chi connectivity index (χ2n) is 4.81. The fourth-order valence-electron chi connectivity index (χ4n) is 2.18. The van der Waals surface area contributed by atoms with Gasteiger partial charge in [0.1, 0.15) is 0 Å². The Balaban J connectivity index is 1.82. The molecule has 2 heterocycles. The zero-order chi connectivity index (χ0) is 14.8. The number of hydrogen-bond donors (Lipinski definition) is 1. The van der Waals surface area contributed by atoms with Crippen molar-refractivity contribution in [3.05, 3.63) is 47.8 Å². The lowest BCUT2D eigenvalue weighted by Crippen LogP contribution is -2.27. The van der Waals surface area contributed by atoms with E-state index in [0.29, 0.717) is 29.3 Å². The first-order chi connectivity index (χ1) is 10.1. The van der Waals surface area contributed by atoms with E-state index in [4.69, 9.17) is 15.2 Å². The van der Waals surface area contributed by atoms with Crippen molar-refractivity contribution in [1.29, 1.82) is 0 Å². The van der Waals surface area contributed by atoms with Crippen LogP contribution in [0.25, 0.3) is 0 Å². The van der Waals surface area contributed by atoms with E-state index in [1.807, 2.05) is 12.1 Å². The third-order valence-corrected chi connectivity index (χ3v) is 3.29. The number of fused-ring (bicyclic) bond motifs is 1. The Kier molecular flexibility index (Phi) is 3.35. The molecule has 1 aromatic carbocycles. The highest BCUT2D eigenvalue weighted by Crippen LogP contribution is 2.36. The molecule has 1 aromatic heterocycles. The van der Waals surface area contributed by atoms with E-state index in [1.165, 1.54) is 0 Å². The number of carbonyl (C=O) groups excluding carboxylic acids is 1. The van der Waals surface area contributed by atoms with Gasteiger partial charge in [-0.25, -0.2) is 0 Å². The van der Waals surface area contributed by atoms with Crippen molar-refractivity contribution in [3.63, 3.8) is 0 Å². The number of ether oxygens (including phenoxy) is 2. The molecular formula is C15H15N3O3. The van der Waals surface area contributed by atoms with E-state index >= 15 is 0 Å². The second kappa shape index (κ2) is 5.32. The lowest BCUT2D eigenvalue weighted by Gasteiger charge is -2.18. The van der Waals surface area contributed by atoms with Crippen LogP contribution in [0.1, 0.15) is 15.9 Å². The molecule has 0 saturated heterocycles. The summed E-state index contributed by atoms with van der Waals surface area (Å²) in [4.78, 5) is 18.1. The number of pyridine rings is 1. The maximum Gasteiger partial charge on any atom is 0.256 e. The number of carbonyl (C=O) groups is 1. The van der Waals surface area contributed by atoms with Gasteiger partial charge in [-0.05, 0) is 23.8 Å². The number of nitrogens with zero attached hydrogens (tertiary/aromatic N) is 2. The van der Waals surface area contributed by atoms with Crippen LogP contribution in [0.15, 0.2) is 36.7 Å². The molecule has 0 fully saturated rings. The van der Waals surface area contributed by atoms with Gasteiger partial charge in [0.2, 0.25) is 6.79 Å². The highest BCUT2D eigenvalue weighted by molar-refractivity contribution is 6.00. The molecule has 108 valence electrons. The molecule has 0 radical (unpaired) electrons. The van der Waals surface area contributed by atoms with Crippen LogP contribution in [-0.4, -0.2) is 29.6 Å². The molecule has 0 unspecified atom stereocenters. The van der Waals surface area contributed by atoms with Gasteiger partial charge in [-0.2, -0.15) is 0 Å². The highest BCUT2D eigenvalue weighted by atomic mass is 16.7. The Bertz CT molecular complexity index is 673. The molecule has 0 saturated carbocycles. The summed E-state index contributed by atoms with van der Waals surface area (Å²) in [6.45, 7) is 0.633. The van der Waals surface area contributed by atoms with Gasteiger partial charge in [-0.3, -0.25) is 9.78 Å². The summed E-state index contributed by atoms with van der Waals surface area (Å²) in [6, 6.07) is 6.98. The summed E-state index contributed by atoms with van der Waals surface area (Å²) >= 11 is 0. The van der Waals surface area contributed by atoms with E-state index in [-0.39, 0.29) is 12.7 Å². The van der Waals surface area contributed by atoms with E-state index in [2.05, 4.69) is 4.98 Å². The number of nitrogen functional groups attached to an aromatic ring is 1. The third-order valence-electron chi connectivity index (χ3n) is 3.29. The van der Waals surface area contributed by atoms with Gasteiger partial charge in [-0.1, -0.05) is 0 Å². The van der Waals surface area contributed by atoms with Gasteiger partial charge in [0.05, 0.1) is 5.56 Å². The molecular weight excluding hydrogens is 270 g/mol. The van der Waals surface area contributed by atoms with Crippen molar-refractivity contribution < 1.29 is 14.3 Å². The van der Waals surface area contributed by atoms with Crippen molar-refractivity contribution in [1.82, 2.24) is 9.88 Å². The Morgan fingerprint density at radius 1 is 1.29 bits per heavy atom. The molecule has 0 spiro atoms. The summed E-state index contributed by atoms with van der Waals surface area (Å²) in [5.41, 5.74) is 7.73. The monoisotopic (exact) mass is 285 g/mol. The van der Waals surface area contributed by atoms with E-state index in [1.54, 1.807) is 36.5 Å². The number of hydrogen-bond acceptors (Lipinski definition) is 5. The molecule has 1 aliphatic rings. The molecule has 0 aliphatic carbocycles. The largest absolute Gasteiger partial charge is 0.454 e. The van der Waals surface area contributed by atoms with Crippen LogP contribution in [0, 0.1) is 0 Å². The fourth-order valence-corrected chi connectivity index (χ4v) is 2.18. The van der Waals surface area contributed by atoms with Crippen molar-refractivity contribution in [2.24, 2.45) is 0 Å². The minimum absolute atomic E-state index is 0.152. The Morgan fingerprint density at radius 2 is 1.95 bits per heavy atom. The topological polar surface area (TPSA) is 77.7 Å². The first-order valence-electron chi connectivity index (χ1n) is 6.48. The van der Waals surface area contributed by atoms with Gasteiger partial charge in [0.25, 0.3) is 5.91 Å². The minimum atomic E-state index is -0.164. The van der Waals surface area contributed by atoms with Gasteiger partial charge >= 0.3 is 0 Å². The number of amides is 1. The molecule has 0 bridgehead atoms. The van der Waals surface area contributed by atoms with Crippen molar-refractivity contribution in [2.75, 3.05) is 19.6 Å². The summed E-state index contributed by atoms with van der Waals surface area (Å²) in [6.07, 6.45) is 3.39. The third kappa shape index (κ3) is 2.60. The maximum absolute atomic E-state index is 12.5. The van der Waals surface area contributed by atoms with Gasteiger partial charge in [-0.15, -0.1) is 0 Å². The van der Waals surface area contributed by atoms with Crippen molar-refractivity contribution >= 4 is 11.6 Å². The fraction of sp³-hybridized carbons (Fsp3) is 0.200. The zero-order valence-corrected chi connectivity index (χ0v) is 11.6. The Morgan fingerprint density at radius 3 is 2.67 bits per heavy atom. The van der Waals surface area contributed by atoms with Gasteiger partial charge < -0.3 is 20.1 Å². The molecule has 1 amide bonds. The lowest BCUT2D eigenvalue weighted by molar-refractivity contribution is 0.0785. The molecule has 3 rings (SSSR count). The van der Waals surface area contributed by atoms with Crippen molar-refractivity contribution in [3.8, 4) is 11.5 Å². The van der Waals surface area contributed by atoms with Gasteiger partial charge in [0, 0.05) is 37.7 Å². The van der Waals surface area contributed by atoms with Crippen LogP contribution in [-0.2, 0) is 6.54 Å². The van der Waals surface area contributed by atoms with Crippen LogP contribution in [0.2, 0.25) is 0 Å². The van der Waals surface area contributed by atoms with Crippen LogP contribution in [0.4, 0.5) is 5.69 Å². The zero-order valence-electron chi connectivity index (χ0n) is 11.6. The maximum atomic E-state index is 12.5. The molecule has 6 nitrogen and oxygen atoms in total. The van der Waals surface area contributed by atoms with Crippen LogP contribution >= 0.6 is 0 Å². The quantitative estimate of drug-likeness (QED) is 0.868. The first kappa shape index (κ1) is 13.2. The summed E-state index contributed by atoms with van der Waals surface area (Å²) in [5, 5.41) is 0. The number of anilines is 1. The number of benzene rings is 1. The molecule has 1 aliphatic heterocycles. The number of nitrogens with two attached hydrogens (primary N) is 1. The Hall–Kier alpha value is -2.76. The van der Waals surface area contributed by atoms with Gasteiger partial charge in [0.15, 0.2) is 11.5 Å². The molecule has 0 atom stereocenters. The molecule has 6 heteroatoms. The van der Waals surface area contributed by atoms with Crippen LogP contribution in [0.3, 0.4) is 0 Å². The summed E-state index contributed by atoms with van der Waals surface area (Å²) in [5.74, 6) is 0.952. The highest BCUT2D eigenvalue weighted by Gasteiger charge is 2.21. The smallest absolute Gasteiger partial charge is 0.256 e. The molecule has 21 heavy (non-hydrogen) atoms. The summed E-state index contributed by atoms with van der Waals surface area (Å²) in [7, 11) is 1.73. The van der Waals surface area contributed by atoms with E-state index in [9.17, 15) is 4.79 Å². The normalized spacial score (nSPS) is 12.2. The predicted octanol–water partition coefficient (Wildman–Crippen LogP) is 1.66. The molecule has 2 N–H and O–H groups in total. The second-order valence-corrected chi connectivity index (χ2v) is 4.81. The van der Waals surface area contributed by atoms with Crippen molar-refractivity contribution in [2.45, 2.75) is 6.54 Å². The average molecular weight is 285 g/mol. The van der Waals surface area contributed by atoms with Crippen LogP contribution < -0.4 is 15.2 Å². The number of rotatable bonds is 3. The summed E-state index contributed by atoms with van der Waals surface area (Å²) < 4.78 is 10.5. The van der Waals surface area contributed by atoms with E-state index < -0.39 is 0 Å². The standard InChI is InChI=1S/C15H15N3O3/c1-18(8-10-2-4-17-5-3-10)15(19)11-6-13-14(7-12(11)16)21-9-20-13/h2-7H,8-9,16H2,1H3. The molecule has 2 aromatic rings. The SMILES string of the molecule is CN(Cc1ccncc1)C(=O)c1cc2c(cc1N)OCO2. The lowest BCUT2D eigenvalue weighted by atomic mass is 10.1. The van der Waals surface area contributed by atoms with E-state index in [0.717, 1.165) is 5.56 Å². The Labute approximate surface area is 122 Å². The first-order valence-corrected chi connectivity index (χ1v) is 6.48. The minimum Gasteiger partial charge on any atom is -0.454 e.